The highest BCUT2D eigenvalue weighted by atomic mass is 19.1. The molecule has 1 heterocycles. The summed E-state index contributed by atoms with van der Waals surface area (Å²) in [7, 11) is 0. The number of aryl methyl sites for hydroxylation is 1. The maximum Gasteiger partial charge on any atom is 0.274 e. The van der Waals surface area contributed by atoms with Crippen LogP contribution in [0, 0.1) is 12.7 Å². The first-order chi connectivity index (χ1) is 12.1. The third-order valence-electron chi connectivity index (χ3n) is 3.80. The maximum absolute atomic E-state index is 12.9. The predicted octanol–water partition coefficient (Wildman–Crippen LogP) is 4.39. The molecule has 0 aliphatic rings. The summed E-state index contributed by atoms with van der Waals surface area (Å²) < 4.78 is 12.9. The fraction of sp³-hybridized carbons (Fsp3) is 0.100. The van der Waals surface area contributed by atoms with Crippen LogP contribution in [0.2, 0.25) is 0 Å². The summed E-state index contributed by atoms with van der Waals surface area (Å²) >= 11 is 0. The first-order valence-electron chi connectivity index (χ1n) is 7.93. The molecule has 0 aliphatic carbocycles. The lowest BCUT2D eigenvalue weighted by molar-refractivity contribution is 0.102. The molecule has 126 valence electrons. The lowest BCUT2D eigenvalue weighted by atomic mass is 10.2. The van der Waals surface area contributed by atoms with Gasteiger partial charge in [0, 0.05) is 24.1 Å². The summed E-state index contributed by atoms with van der Waals surface area (Å²) in [6.07, 6.45) is 1.58. The number of nitrogens with one attached hydrogen (secondary N) is 2. The van der Waals surface area contributed by atoms with E-state index < -0.39 is 0 Å². The van der Waals surface area contributed by atoms with Crippen LogP contribution in [0.3, 0.4) is 0 Å². The molecule has 2 N–H and O–H groups in total. The summed E-state index contributed by atoms with van der Waals surface area (Å²) in [6, 6.07) is 17.3. The van der Waals surface area contributed by atoms with E-state index >= 15 is 0 Å². The highest BCUT2D eigenvalue weighted by Crippen LogP contribution is 2.16. The smallest absolute Gasteiger partial charge is 0.274 e. The Hall–Kier alpha value is -3.21. The number of hydrogen-bond donors (Lipinski definition) is 2. The van der Waals surface area contributed by atoms with Crippen molar-refractivity contribution in [1.29, 1.82) is 0 Å². The number of nitrogens with zero attached hydrogens (tertiary/aromatic N) is 1. The normalized spacial score (nSPS) is 10.3. The van der Waals surface area contributed by atoms with E-state index in [-0.39, 0.29) is 11.7 Å². The molecule has 0 saturated heterocycles. The van der Waals surface area contributed by atoms with Crippen molar-refractivity contribution in [2.45, 2.75) is 13.5 Å². The Labute approximate surface area is 145 Å². The number of para-hydroxylation sites is 1. The van der Waals surface area contributed by atoms with Crippen molar-refractivity contribution in [2.75, 3.05) is 10.6 Å². The summed E-state index contributed by atoms with van der Waals surface area (Å²) in [4.78, 5) is 16.5. The van der Waals surface area contributed by atoms with Gasteiger partial charge in [-0.15, -0.1) is 0 Å². The van der Waals surface area contributed by atoms with Crippen LogP contribution < -0.4 is 10.6 Å². The Morgan fingerprint density at radius 3 is 2.60 bits per heavy atom. The Morgan fingerprint density at radius 1 is 1.08 bits per heavy atom. The number of rotatable bonds is 5. The van der Waals surface area contributed by atoms with Crippen LogP contribution in [0.1, 0.15) is 21.6 Å². The Balaban J connectivity index is 1.67. The summed E-state index contributed by atoms with van der Waals surface area (Å²) in [5, 5.41) is 6.07. The van der Waals surface area contributed by atoms with Crippen molar-refractivity contribution in [3.63, 3.8) is 0 Å². The standard InChI is InChI=1S/C20H18FN3O/c1-14-4-2-3-5-18(14)24-20(25)19-12-17(10-11-22-19)23-13-15-6-8-16(21)9-7-15/h2-12H,13H2,1H3,(H,22,23)(H,24,25). The third-order valence-corrected chi connectivity index (χ3v) is 3.80. The van der Waals surface area contributed by atoms with E-state index in [9.17, 15) is 9.18 Å². The molecule has 0 atom stereocenters. The van der Waals surface area contributed by atoms with Crippen LogP contribution in [-0.4, -0.2) is 10.9 Å². The molecule has 0 radical (unpaired) electrons. The van der Waals surface area contributed by atoms with Crippen molar-refractivity contribution in [1.82, 2.24) is 4.98 Å². The highest BCUT2D eigenvalue weighted by Gasteiger charge is 2.09. The van der Waals surface area contributed by atoms with Crippen LogP contribution in [0.25, 0.3) is 0 Å². The second-order valence-corrected chi connectivity index (χ2v) is 5.68. The van der Waals surface area contributed by atoms with E-state index in [0.717, 1.165) is 22.5 Å². The number of amides is 1. The number of carbonyl (C=O) groups excluding carboxylic acids is 1. The molecule has 0 spiro atoms. The van der Waals surface area contributed by atoms with E-state index in [0.29, 0.717) is 12.2 Å². The Kier molecular flexibility index (Phi) is 5.04. The molecule has 25 heavy (non-hydrogen) atoms. The number of hydrogen-bond acceptors (Lipinski definition) is 3. The minimum absolute atomic E-state index is 0.261. The number of carbonyl (C=O) groups is 1. The fourth-order valence-corrected chi connectivity index (χ4v) is 2.37. The van der Waals surface area contributed by atoms with Gasteiger partial charge in [0.1, 0.15) is 11.5 Å². The third kappa shape index (κ3) is 4.41. The van der Waals surface area contributed by atoms with Crippen molar-refractivity contribution < 1.29 is 9.18 Å². The molecule has 2 aromatic carbocycles. The second-order valence-electron chi connectivity index (χ2n) is 5.68. The van der Waals surface area contributed by atoms with Gasteiger partial charge in [-0.05, 0) is 48.4 Å². The van der Waals surface area contributed by atoms with Crippen molar-refractivity contribution >= 4 is 17.3 Å². The molecule has 0 bridgehead atoms. The zero-order valence-electron chi connectivity index (χ0n) is 13.8. The lowest BCUT2D eigenvalue weighted by Crippen LogP contribution is -2.14. The molecule has 0 unspecified atom stereocenters. The van der Waals surface area contributed by atoms with E-state index in [1.807, 2.05) is 31.2 Å². The first-order valence-corrected chi connectivity index (χ1v) is 7.93. The lowest BCUT2D eigenvalue weighted by Gasteiger charge is -2.10. The molecule has 3 aromatic rings. The molecular weight excluding hydrogens is 317 g/mol. The van der Waals surface area contributed by atoms with Crippen molar-refractivity contribution in [2.24, 2.45) is 0 Å². The van der Waals surface area contributed by atoms with Gasteiger partial charge >= 0.3 is 0 Å². The number of aromatic nitrogens is 1. The van der Waals surface area contributed by atoms with E-state index in [2.05, 4.69) is 15.6 Å². The van der Waals surface area contributed by atoms with Gasteiger partial charge in [-0.2, -0.15) is 0 Å². The average Bonchev–Trinajstić information content (AvgIpc) is 2.63. The quantitative estimate of drug-likeness (QED) is 0.727. The molecule has 0 fully saturated rings. The molecule has 0 aliphatic heterocycles. The van der Waals surface area contributed by atoms with Crippen molar-refractivity contribution in [3.8, 4) is 0 Å². The predicted molar refractivity (Wildman–Crippen MR) is 97.1 cm³/mol. The van der Waals surface area contributed by atoms with Gasteiger partial charge < -0.3 is 10.6 Å². The average molecular weight is 335 g/mol. The largest absolute Gasteiger partial charge is 0.381 e. The summed E-state index contributed by atoms with van der Waals surface area (Å²) in [5.41, 5.74) is 3.80. The van der Waals surface area contributed by atoms with Crippen LogP contribution in [-0.2, 0) is 6.54 Å². The van der Waals surface area contributed by atoms with Crippen LogP contribution >= 0.6 is 0 Å². The van der Waals surface area contributed by atoms with Gasteiger partial charge in [0.2, 0.25) is 0 Å². The van der Waals surface area contributed by atoms with E-state index in [1.54, 1.807) is 30.5 Å². The first kappa shape index (κ1) is 16.6. The maximum atomic E-state index is 12.9. The monoisotopic (exact) mass is 335 g/mol. The summed E-state index contributed by atoms with van der Waals surface area (Å²) in [5.74, 6) is -0.525. The summed E-state index contributed by atoms with van der Waals surface area (Å²) in [6.45, 7) is 2.47. The molecule has 1 aromatic heterocycles. The fourth-order valence-electron chi connectivity index (χ4n) is 2.37. The van der Waals surface area contributed by atoms with E-state index in [1.165, 1.54) is 12.1 Å². The van der Waals surface area contributed by atoms with Gasteiger partial charge in [0.15, 0.2) is 0 Å². The minimum atomic E-state index is -0.264. The van der Waals surface area contributed by atoms with Gasteiger partial charge in [-0.1, -0.05) is 30.3 Å². The number of halogens is 1. The molecule has 3 rings (SSSR count). The topological polar surface area (TPSA) is 54.0 Å². The molecule has 5 heteroatoms. The minimum Gasteiger partial charge on any atom is -0.381 e. The van der Waals surface area contributed by atoms with Crippen LogP contribution in [0.5, 0.6) is 0 Å². The van der Waals surface area contributed by atoms with Crippen LogP contribution in [0.15, 0.2) is 66.9 Å². The SMILES string of the molecule is Cc1ccccc1NC(=O)c1cc(NCc2ccc(F)cc2)ccn1. The number of anilines is 2. The molecular formula is C20H18FN3O. The van der Waals surface area contributed by atoms with Gasteiger partial charge in [-0.25, -0.2) is 4.39 Å². The number of pyridine rings is 1. The van der Waals surface area contributed by atoms with Crippen molar-refractivity contribution in [3.05, 3.63) is 89.5 Å². The second kappa shape index (κ2) is 7.57. The highest BCUT2D eigenvalue weighted by molar-refractivity contribution is 6.03. The zero-order valence-corrected chi connectivity index (χ0v) is 13.8. The molecule has 0 saturated carbocycles. The Morgan fingerprint density at radius 2 is 1.84 bits per heavy atom. The number of benzene rings is 2. The molecule has 4 nitrogen and oxygen atoms in total. The van der Waals surface area contributed by atoms with Gasteiger partial charge in [-0.3, -0.25) is 9.78 Å². The Bertz CT molecular complexity index is 878. The molecule has 1 amide bonds. The van der Waals surface area contributed by atoms with Crippen LogP contribution in [0.4, 0.5) is 15.8 Å². The van der Waals surface area contributed by atoms with Gasteiger partial charge in [0.25, 0.3) is 5.91 Å². The van der Waals surface area contributed by atoms with E-state index in [4.69, 9.17) is 0 Å². The zero-order chi connectivity index (χ0) is 17.6. The van der Waals surface area contributed by atoms with Gasteiger partial charge in [0.05, 0.1) is 0 Å².